The number of allylic oxidation sites excluding steroid dienone is 1. The highest BCUT2D eigenvalue weighted by molar-refractivity contribution is 8.18. The van der Waals surface area contributed by atoms with Gasteiger partial charge in [-0.15, -0.1) is 0 Å². The van der Waals surface area contributed by atoms with E-state index in [4.69, 9.17) is 0 Å². The fourth-order valence-electron chi connectivity index (χ4n) is 3.52. The Bertz CT molecular complexity index is 1270. The molecular weight excluding hydrogens is 458 g/mol. The van der Waals surface area contributed by atoms with Crippen molar-refractivity contribution in [3.05, 3.63) is 75.8 Å². The summed E-state index contributed by atoms with van der Waals surface area (Å²) in [6, 6.07) is 7.94. The van der Waals surface area contributed by atoms with Crippen molar-refractivity contribution in [2.24, 2.45) is 0 Å². The lowest BCUT2D eigenvalue weighted by molar-refractivity contribution is -0.143. The number of thioether (sulfide) groups is 1. The summed E-state index contributed by atoms with van der Waals surface area (Å²) in [5.74, 6) is -0.775. The second kappa shape index (κ2) is 7.73. The zero-order chi connectivity index (χ0) is 23.3. The average molecular weight is 470 g/mol. The highest BCUT2D eigenvalue weighted by Crippen LogP contribution is 2.41. The molecule has 2 amide bonds. The Morgan fingerprint density at radius 3 is 2.31 bits per heavy atom. The first kappa shape index (κ1) is 22.0. The highest BCUT2D eigenvalue weighted by atomic mass is 32.2. The van der Waals surface area contributed by atoms with E-state index in [-0.39, 0.29) is 16.5 Å². The first-order chi connectivity index (χ1) is 14.9. The van der Waals surface area contributed by atoms with Crippen LogP contribution >= 0.6 is 11.8 Å². The van der Waals surface area contributed by atoms with Crippen molar-refractivity contribution in [3.63, 3.8) is 0 Å². The van der Waals surface area contributed by atoms with E-state index in [2.05, 4.69) is 10.3 Å². The maximum Gasteiger partial charge on any atom is 0.416 e. The molecule has 166 valence electrons. The number of alkyl halides is 6. The molecule has 2 heterocycles. The zero-order valence-electron chi connectivity index (χ0n) is 15.8. The standard InChI is InChI=1S/C21H12F6N2O2S/c22-20(23,24)11-5-4-10(15(9-11)21(25,26)27)8-14(17-18(30)29-19(31)32-17)12-2-1-3-16-13(12)6-7-28-16/h1-7,9,28H,8H2,(H,29,30,31)/b17-14+. The van der Waals surface area contributed by atoms with Crippen LogP contribution in [-0.2, 0) is 23.6 Å². The van der Waals surface area contributed by atoms with Crippen molar-refractivity contribution in [2.75, 3.05) is 0 Å². The SMILES string of the molecule is O=C1NC(=O)/C(=C(/Cc2ccc(C(F)(F)F)cc2C(F)(F)F)c2cccc3[nH]ccc23)S1. The molecule has 1 aliphatic heterocycles. The number of nitrogens with one attached hydrogen (secondary N) is 2. The number of hydrogen-bond acceptors (Lipinski definition) is 3. The van der Waals surface area contributed by atoms with Crippen LogP contribution in [0.25, 0.3) is 16.5 Å². The third kappa shape index (κ3) is 4.12. The average Bonchev–Trinajstić information content (AvgIpc) is 3.30. The van der Waals surface area contributed by atoms with E-state index >= 15 is 0 Å². The van der Waals surface area contributed by atoms with Gasteiger partial charge in [-0.1, -0.05) is 18.2 Å². The number of H-pyrrole nitrogens is 1. The minimum Gasteiger partial charge on any atom is -0.361 e. The highest BCUT2D eigenvalue weighted by Gasteiger charge is 2.39. The number of imide groups is 1. The number of fused-ring (bicyclic) bond motifs is 1. The predicted molar refractivity (Wildman–Crippen MR) is 106 cm³/mol. The molecule has 0 radical (unpaired) electrons. The van der Waals surface area contributed by atoms with Crippen molar-refractivity contribution < 1.29 is 35.9 Å². The molecule has 32 heavy (non-hydrogen) atoms. The van der Waals surface area contributed by atoms with Crippen LogP contribution in [0.3, 0.4) is 0 Å². The smallest absolute Gasteiger partial charge is 0.361 e. The summed E-state index contributed by atoms with van der Waals surface area (Å²) < 4.78 is 80.0. The second-order valence-electron chi connectivity index (χ2n) is 6.94. The maximum absolute atomic E-state index is 13.7. The lowest BCUT2D eigenvalue weighted by atomic mass is 9.91. The maximum atomic E-state index is 13.7. The van der Waals surface area contributed by atoms with E-state index in [0.717, 1.165) is 6.07 Å². The second-order valence-corrected chi connectivity index (χ2v) is 7.92. The molecule has 0 unspecified atom stereocenters. The molecule has 4 nitrogen and oxygen atoms in total. The van der Waals surface area contributed by atoms with Crippen LogP contribution in [0.2, 0.25) is 0 Å². The lowest BCUT2D eigenvalue weighted by Gasteiger charge is -2.18. The van der Waals surface area contributed by atoms with Crippen molar-refractivity contribution >= 4 is 39.4 Å². The third-order valence-corrected chi connectivity index (χ3v) is 5.84. The van der Waals surface area contributed by atoms with E-state index < -0.39 is 46.6 Å². The number of benzene rings is 2. The van der Waals surface area contributed by atoms with Gasteiger partial charge in [0.2, 0.25) is 0 Å². The number of carbonyl (C=O) groups excluding carboxylic acids is 2. The van der Waals surface area contributed by atoms with E-state index in [0.29, 0.717) is 34.3 Å². The summed E-state index contributed by atoms with van der Waals surface area (Å²) in [4.78, 5) is 26.9. The van der Waals surface area contributed by atoms with Crippen molar-refractivity contribution in [3.8, 4) is 0 Å². The fraction of sp³-hybridized carbons (Fsp3) is 0.143. The van der Waals surface area contributed by atoms with Gasteiger partial charge in [0.1, 0.15) is 0 Å². The third-order valence-electron chi connectivity index (χ3n) is 4.92. The van der Waals surface area contributed by atoms with Gasteiger partial charge in [0.15, 0.2) is 0 Å². The molecule has 1 saturated heterocycles. The van der Waals surface area contributed by atoms with Gasteiger partial charge in [0.05, 0.1) is 16.0 Å². The number of amides is 2. The summed E-state index contributed by atoms with van der Waals surface area (Å²) >= 11 is 0.536. The van der Waals surface area contributed by atoms with Crippen LogP contribution in [0.15, 0.2) is 53.6 Å². The first-order valence-electron chi connectivity index (χ1n) is 9.05. The van der Waals surface area contributed by atoms with Gasteiger partial charge in [-0.25, -0.2) is 0 Å². The zero-order valence-corrected chi connectivity index (χ0v) is 16.6. The molecule has 0 atom stereocenters. The van der Waals surface area contributed by atoms with Gasteiger partial charge in [0, 0.05) is 17.1 Å². The first-order valence-corrected chi connectivity index (χ1v) is 9.87. The molecule has 2 aromatic carbocycles. The number of carbonyl (C=O) groups is 2. The van der Waals surface area contributed by atoms with Gasteiger partial charge in [-0.05, 0) is 59.1 Å². The largest absolute Gasteiger partial charge is 0.416 e. The number of rotatable bonds is 3. The Balaban J connectivity index is 1.92. The van der Waals surface area contributed by atoms with E-state index in [9.17, 15) is 35.9 Å². The Morgan fingerprint density at radius 1 is 0.938 bits per heavy atom. The van der Waals surface area contributed by atoms with Gasteiger partial charge < -0.3 is 4.98 Å². The monoisotopic (exact) mass is 470 g/mol. The van der Waals surface area contributed by atoms with Crippen LogP contribution < -0.4 is 5.32 Å². The van der Waals surface area contributed by atoms with Gasteiger partial charge in [0.25, 0.3) is 11.1 Å². The molecule has 2 N–H and O–H groups in total. The minimum atomic E-state index is -5.06. The number of halogens is 6. The van der Waals surface area contributed by atoms with Gasteiger partial charge in [-0.2, -0.15) is 26.3 Å². The molecule has 4 rings (SSSR count). The van der Waals surface area contributed by atoms with Crippen LogP contribution in [-0.4, -0.2) is 16.1 Å². The lowest BCUT2D eigenvalue weighted by Crippen LogP contribution is -2.19. The van der Waals surface area contributed by atoms with Crippen LogP contribution in [0.5, 0.6) is 0 Å². The van der Waals surface area contributed by atoms with E-state index in [1.807, 2.05) is 0 Å². The van der Waals surface area contributed by atoms with E-state index in [1.165, 1.54) is 0 Å². The van der Waals surface area contributed by atoms with Crippen LogP contribution in [0.1, 0.15) is 22.3 Å². The van der Waals surface area contributed by atoms with Gasteiger partial charge in [-0.3, -0.25) is 14.9 Å². The Hall–Kier alpha value is -3.21. The van der Waals surface area contributed by atoms with Crippen LogP contribution in [0, 0.1) is 0 Å². The molecule has 1 aromatic heterocycles. The summed E-state index contributed by atoms with van der Waals surface area (Å²) in [5, 5.41) is 1.97. The Morgan fingerprint density at radius 2 is 1.69 bits per heavy atom. The minimum absolute atomic E-state index is 0.0571. The van der Waals surface area contributed by atoms with E-state index in [1.54, 1.807) is 30.5 Å². The normalized spacial score (nSPS) is 16.6. The molecule has 3 aromatic rings. The number of hydrogen-bond donors (Lipinski definition) is 2. The molecule has 0 saturated carbocycles. The number of aromatic nitrogens is 1. The van der Waals surface area contributed by atoms with Crippen LogP contribution in [0.4, 0.5) is 31.1 Å². The molecule has 11 heteroatoms. The van der Waals surface area contributed by atoms with Gasteiger partial charge >= 0.3 is 12.4 Å². The van der Waals surface area contributed by atoms with Crippen molar-refractivity contribution in [1.29, 1.82) is 0 Å². The quantitative estimate of drug-likeness (QED) is 0.357. The molecule has 0 bridgehead atoms. The topological polar surface area (TPSA) is 62.0 Å². The summed E-state index contributed by atoms with van der Waals surface area (Å²) in [5.41, 5.74) is -2.20. The predicted octanol–water partition coefficient (Wildman–Crippen LogP) is 6.14. The molecular formula is C21H12F6N2O2S. The van der Waals surface area contributed by atoms with Crippen molar-refractivity contribution in [1.82, 2.24) is 10.3 Å². The summed E-state index contributed by atoms with van der Waals surface area (Å²) in [6.07, 6.45) is -8.93. The molecule has 0 spiro atoms. The number of aromatic amines is 1. The molecule has 0 aliphatic carbocycles. The molecule has 1 fully saturated rings. The Kier molecular flexibility index (Phi) is 5.32. The molecule has 1 aliphatic rings. The summed E-state index contributed by atoms with van der Waals surface area (Å²) in [6.45, 7) is 0. The summed E-state index contributed by atoms with van der Waals surface area (Å²) in [7, 11) is 0. The fourth-order valence-corrected chi connectivity index (χ4v) is 4.30. The Labute approximate surface area is 180 Å². The van der Waals surface area contributed by atoms with Crippen molar-refractivity contribution in [2.45, 2.75) is 18.8 Å².